The number of halogens is 1. The van der Waals surface area contributed by atoms with Crippen molar-refractivity contribution in [3.8, 4) is 0 Å². The Balaban J connectivity index is 0.00000133. The molecule has 2 saturated heterocycles. The van der Waals surface area contributed by atoms with Gasteiger partial charge in [-0.1, -0.05) is 6.42 Å². The Morgan fingerprint density at radius 2 is 1.63 bits per heavy atom. The predicted molar refractivity (Wildman–Crippen MR) is 77.4 cm³/mol. The van der Waals surface area contributed by atoms with Crippen LogP contribution in [0.2, 0.25) is 0 Å². The standard InChI is InChI=1S/C12H23N3O2S.ClH/c13-12-5-4-10-8-15(9-11(10)12)18(16,17)14-6-2-1-3-7-14;/h10-12H,1-9,13H2;1H. The molecule has 3 unspecified atom stereocenters. The van der Waals surface area contributed by atoms with Gasteiger partial charge in [0.05, 0.1) is 0 Å². The van der Waals surface area contributed by atoms with Crippen LogP contribution in [0.3, 0.4) is 0 Å². The van der Waals surface area contributed by atoms with Crippen LogP contribution in [0.1, 0.15) is 32.1 Å². The molecule has 3 aliphatic rings. The number of fused-ring (bicyclic) bond motifs is 1. The first-order valence-corrected chi connectivity index (χ1v) is 8.49. The smallest absolute Gasteiger partial charge is 0.281 e. The van der Waals surface area contributed by atoms with Crippen LogP contribution in [-0.4, -0.2) is 49.2 Å². The highest BCUT2D eigenvalue weighted by Gasteiger charge is 2.46. The van der Waals surface area contributed by atoms with Crippen molar-refractivity contribution in [2.75, 3.05) is 26.2 Å². The van der Waals surface area contributed by atoms with Gasteiger partial charge in [0.25, 0.3) is 10.2 Å². The summed E-state index contributed by atoms with van der Waals surface area (Å²) in [7, 11) is -3.22. The van der Waals surface area contributed by atoms with Gasteiger partial charge >= 0.3 is 0 Å². The lowest BCUT2D eigenvalue weighted by molar-refractivity contribution is 0.310. The number of rotatable bonds is 2. The van der Waals surface area contributed by atoms with Crippen LogP contribution in [0.4, 0.5) is 0 Å². The molecule has 1 saturated carbocycles. The zero-order valence-electron chi connectivity index (χ0n) is 11.2. The van der Waals surface area contributed by atoms with Crippen LogP contribution in [0, 0.1) is 11.8 Å². The minimum atomic E-state index is -3.22. The Bertz CT molecular complexity index is 411. The molecule has 3 fully saturated rings. The maximum atomic E-state index is 12.5. The van der Waals surface area contributed by atoms with Crippen LogP contribution in [0.5, 0.6) is 0 Å². The summed E-state index contributed by atoms with van der Waals surface area (Å²) >= 11 is 0. The van der Waals surface area contributed by atoms with Gasteiger partial charge in [-0.2, -0.15) is 17.0 Å². The second kappa shape index (κ2) is 5.85. The van der Waals surface area contributed by atoms with Crippen molar-refractivity contribution in [2.45, 2.75) is 38.1 Å². The molecule has 0 radical (unpaired) electrons. The van der Waals surface area contributed by atoms with Gasteiger partial charge in [0, 0.05) is 32.2 Å². The second-order valence-corrected chi connectivity index (χ2v) is 7.88. The first-order chi connectivity index (χ1) is 8.59. The van der Waals surface area contributed by atoms with Crippen LogP contribution in [0.15, 0.2) is 0 Å². The van der Waals surface area contributed by atoms with Gasteiger partial charge in [-0.05, 0) is 37.5 Å². The highest BCUT2D eigenvalue weighted by molar-refractivity contribution is 7.86. The van der Waals surface area contributed by atoms with Gasteiger partial charge in [-0.25, -0.2) is 0 Å². The van der Waals surface area contributed by atoms with Crippen molar-refractivity contribution < 1.29 is 8.42 Å². The van der Waals surface area contributed by atoms with Crippen molar-refractivity contribution in [1.29, 1.82) is 0 Å². The van der Waals surface area contributed by atoms with Crippen molar-refractivity contribution in [1.82, 2.24) is 8.61 Å². The quantitative estimate of drug-likeness (QED) is 0.821. The molecule has 3 rings (SSSR count). The Morgan fingerprint density at radius 3 is 2.26 bits per heavy atom. The van der Waals surface area contributed by atoms with E-state index in [1.807, 2.05) is 0 Å². The summed E-state index contributed by atoms with van der Waals surface area (Å²) in [5.41, 5.74) is 6.07. The third-order valence-electron chi connectivity index (χ3n) is 4.85. The maximum Gasteiger partial charge on any atom is 0.281 e. The van der Waals surface area contributed by atoms with E-state index >= 15 is 0 Å². The van der Waals surface area contributed by atoms with Crippen LogP contribution >= 0.6 is 12.4 Å². The Morgan fingerprint density at radius 1 is 0.947 bits per heavy atom. The van der Waals surface area contributed by atoms with E-state index in [0.29, 0.717) is 38.0 Å². The molecular weight excluding hydrogens is 286 g/mol. The molecule has 0 bridgehead atoms. The fourth-order valence-electron chi connectivity index (χ4n) is 3.71. The van der Waals surface area contributed by atoms with Gasteiger partial charge in [0.2, 0.25) is 0 Å². The SMILES string of the molecule is Cl.NC1CCC2CN(S(=O)(=O)N3CCCCC3)CC12. The highest BCUT2D eigenvalue weighted by atomic mass is 35.5. The number of hydrogen-bond donors (Lipinski definition) is 1. The van der Waals surface area contributed by atoms with Crippen LogP contribution < -0.4 is 5.73 Å². The van der Waals surface area contributed by atoms with Gasteiger partial charge < -0.3 is 5.73 Å². The van der Waals surface area contributed by atoms with E-state index in [1.54, 1.807) is 8.61 Å². The molecule has 2 N–H and O–H groups in total. The monoisotopic (exact) mass is 309 g/mol. The highest BCUT2D eigenvalue weighted by Crippen LogP contribution is 2.38. The van der Waals surface area contributed by atoms with Crippen molar-refractivity contribution in [3.05, 3.63) is 0 Å². The van der Waals surface area contributed by atoms with E-state index in [4.69, 9.17) is 5.73 Å². The van der Waals surface area contributed by atoms with E-state index in [2.05, 4.69) is 0 Å². The zero-order chi connectivity index (χ0) is 12.8. The number of nitrogens with zero attached hydrogens (tertiary/aromatic N) is 2. The number of nitrogens with two attached hydrogens (primary N) is 1. The average Bonchev–Trinajstić information content (AvgIpc) is 2.94. The molecular formula is C12H24ClN3O2S. The summed E-state index contributed by atoms with van der Waals surface area (Å²) in [5.74, 6) is 0.893. The van der Waals surface area contributed by atoms with E-state index in [0.717, 1.165) is 32.1 Å². The number of piperidine rings is 1. The summed E-state index contributed by atoms with van der Waals surface area (Å²) < 4.78 is 28.4. The second-order valence-electron chi connectivity index (χ2n) is 5.95. The van der Waals surface area contributed by atoms with E-state index in [9.17, 15) is 8.42 Å². The molecule has 3 atom stereocenters. The molecule has 2 heterocycles. The van der Waals surface area contributed by atoms with Gasteiger partial charge in [-0.3, -0.25) is 0 Å². The van der Waals surface area contributed by atoms with E-state index in [1.165, 1.54) is 0 Å². The summed E-state index contributed by atoms with van der Waals surface area (Å²) in [6.07, 6.45) is 5.31. The Labute approximate surface area is 122 Å². The molecule has 112 valence electrons. The van der Waals surface area contributed by atoms with Gasteiger partial charge in [0.1, 0.15) is 0 Å². The first kappa shape index (κ1) is 15.5. The third-order valence-corrected chi connectivity index (χ3v) is 6.81. The number of hydrogen-bond acceptors (Lipinski definition) is 3. The minimum absolute atomic E-state index is 0. The molecule has 0 aromatic carbocycles. The predicted octanol–water partition coefficient (Wildman–Crippen LogP) is 0.808. The lowest BCUT2D eigenvalue weighted by Gasteiger charge is -2.30. The molecule has 0 aromatic heterocycles. The normalized spacial score (nSPS) is 37.0. The third kappa shape index (κ3) is 2.78. The summed E-state index contributed by atoms with van der Waals surface area (Å²) in [4.78, 5) is 0. The average molecular weight is 310 g/mol. The lowest BCUT2D eigenvalue weighted by atomic mass is 9.98. The van der Waals surface area contributed by atoms with Gasteiger partial charge in [-0.15, -0.1) is 12.4 Å². The van der Waals surface area contributed by atoms with Gasteiger partial charge in [0.15, 0.2) is 0 Å². The molecule has 19 heavy (non-hydrogen) atoms. The van der Waals surface area contributed by atoms with Crippen molar-refractivity contribution in [3.63, 3.8) is 0 Å². The lowest BCUT2D eigenvalue weighted by Crippen LogP contribution is -2.45. The largest absolute Gasteiger partial charge is 0.327 e. The Kier molecular flexibility index (Phi) is 4.78. The summed E-state index contributed by atoms with van der Waals surface area (Å²) in [6, 6.07) is 0.205. The fraction of sp³-hybridized carbons (Fsp3) is 1.00. The molecule has 0 aromatic rings. The van der Waals surface area contributed by atoms with Crippen molar-refractivity contribution >= 4 is 22.6 Å². The molecule has 0 amide bonds. The summed E-state index contributed by atoms with van der Waals surface area (Å²) in [6.45, 7) is 2.72. The van der Waals surface area contributed by atoms with Crippen LogP contribution in [0.25, 0.3) is 0 Å². The van der Waals surface area contributed by atoms with E-state index in [-0.39, 0.29) is 18.4 Å². The first-order valence-electron chi connectivity index (χ1n) is 7.10. The molecule has 1 aliphatic carbocycles. The minimum Gasteiger partial charge on any atom is -0.327 e. The molecule has 7 heteroatoms. The van der Waals surface area contributed by atoms with E-state index < -0.39 is 10.2 Å². The van der Waals surface area contributed by atoms with Crippen LogP contribution in [-0.2, 0) is 10.2 Å². The Hall–Kier alpha value is 0.120. The molecule has 2 aliphatic heterocycles. The topological polar surface area (TPSA) is 66.6 Å². The molecule has 5 nitrogen and oxygen atoms in total. The maximum absolute atomic E-state index is 12.5. The molecule has 0 spiro atoms. The van der Waals surface area contributed by atoms with Crippen molar-refractivity contribution in [2.24, 2.45) is 17.6 Å². The zero-order valence-corrected chi connectivity index (χ0v) is 12.8. The fourth-order valence-corrected chi connectivity index (χ4v) is 5.50. The summed E-state index contributed by atoms with van der Waals surface area (Å²) in [5, 5.41) is 0.